The van der Waals surface area contributed by atoms with Crippen LogP contribution < -0.4 is 0 Å². The Balaban J connectivity index is 2.53. The first-order valence-corrected chi connectivity index (χ1v) is 5.03. The molecule has 0 fully saturated rings. The summed E-state index contributed by atoms with van der Waals surface area (Å²) in [4.78, 5) is 1.30. The summed E-state index contributed by atoms with van der Waals surface area (Å²) in [6.45, 7) is 3.77. The van der Waals surface area contributed by atoms with Crippen molar-refractivity contribution in [1.29, 1.82) is 0 Å². The number of aromatic nitrogens is 1. The lowest BCUT2D eigenvalue weighted by molar-refractivity contribution is 0.927. The van der Waals surface area contributed by atoms with Crippen LogP contribution in [0.5, 0.6) is 0 Å². The smallest absolute Gasteiger partial charge is 0.0583 e. The molecule has 0 aliphatic carbocycles. The lowest BCUT2D eigenvalue weighted by Gasteiger charge is -2.01. The monoisotopic (exact) mass is 189 g/mol. The maximum absolute atomic E-state index is 3.77. The number of thiophene rings is 1. The summed E-state index contributed by atoms with van der Waals surface area (Å²) < 4.78 is 2.15. The standard InChI is InChI=1S/C11H11NS/c1-3-9-6-7-10(12(9)2)11-5-4-8-13-11/h3-8H,1H2,2H3. The first-order valence-electron chi connectivity index (χ1n) is 4.15. The van der Waals surface area contributed by atoms with E-state index in [1.807, 2.05) is 6.08 Å². The van der Waals surface area contributed by atoms with Crippen molar-refractivity contribution < 1.29 is 0 Å². The molecule has 0 radical (unpaired) electrons. The van der Waals surface area contributed by atoms with E-state index in [2.05, 4.69) is 47.8 Å². The van der Waals surface area contributed by atoms with Crippen molar-refractivity contribution in [2.45, 2.75) is 0 Å². The Hall–Kier alpha value is -1.28. The highest BCUT2D eigenvalue weighted by molar-refractivity contribution is 7.13. The van der Waals surface area contributed by atoms with Gasteiger partial charge in [0.1, 0.15) is 0 Å². The van der Waals surface area contributed by atoms with E-state index in [-0.39, 0.29) is 0 Å². The minimum Gasteiger partial charge on any atom is -0.343 e. The van der Waals surface area contributed by atoms with Gasteiger partial charge < -0.3 is 4.57 Å². The normalized spacial score (nSPS) is 10.2. The summed E-state index contributed by atoms with van der Waals surface area (Å²) in [5, 5.41) is 2.09. The molecular formula is C11H11NS. The third kappa shape index (κ3) is 1.33. The first kappa shape index (κ1) is 8.32. The average molecular weight is 189 g/mol. The lowest BCUT2D eigenvalue weighted by Crippen LogP contribution is -1.91. The van der Waals surface area contributed by atoms with Gasteiger partial charge in [0, 0.05) is 12.7 Å². The Morgan fingerprint density at radius 2 is 2.23 bits per heavy atom. The molecule has 13 heavy (non-hydrogen) atoms. The van der Waals surface area contributed by atoms with Gasteiger partial charge >= 0.3 is 0 Å². The van der Waals surface area contributed by atoms with Gasteiger partial charge in [-0.25, -0.2) is 0 Å². The molecule has 0 saturated carbocycles. The molecule has 2 heterocycles. The van der Waals surface area contributed by atoms with Crippen LogP contribution in [0.25, 0.3) is 16.6 Å². The fraction of sp³-hybridized carbons (Fsp3) is 0.0909. The average Bonchev–Trinajstić information content (AvgIpc) is 2.72. The van der Waals surface area contributed by atoms with E-state index in [1.54, 1.807) is 11.3 Å². The number of nitrogens with zero attached hydrogens (tertiary/aromatic N) is 1. The summed E-state index contributed by atoms with van der Waals surface area (Å²) >= 11 is 1.76. The molecule has 0 atom stereocenters. The molecule has 0 aliphatic rings. The fourth-order valence-electron chi connectivity index (χ4n) is 1.40. The van der Waals surface area contributed by atoms with Gasteiger partial charge in [0.25, 0.3) is 0 Å². The van der Waals surface area contributed by atoms with Gasteiger partial charge in [-0.3, -0.25) is 0 Å². The third-order valence-corrected chi connectivity index (χ3v) is 3.04. The predicted octanol–water partition coefficient (Wildman–Crippen LogP) is 3.40. The van der Waals surface area contributed by atoms with E-state index in [0.29, 0.717) is 0 Å². The van der Waals surface area contributed by atoms with Crippen LogP contribution in [0.15, 0.2) is 36.2 Å². The second-order valence-corrected chi connectivity index (χ2v) is 3.83. The Bertz CT molecular complexity index is 409. The number of hydrogen-bond donors (Lipinski definition) is 0. The van der Waals surface area contributed by atoms with Gasteiger partial charge in [-0.15, -0.1) is 11.3 Å². The number of hydrogen-bond acceptors (Lipinski definition) is 1. The van der Waals surface area contributed by atoms with Gasteiger partial charge in [-0.05, 0) is 29.7 Å². The van der Waals surface area contributed by atoms with Crippen LogP contribution in [0.2, 0.25) is 0 Å². The van der Waals surface area contributed by atoms with Crippen molar-refractivity contribution in [2.24, 2.45) is 7.05 Å². The van der Waals surface area contributed by atoms with E-state index in [9.17, 15) is 0 Å². The topological polar surface area (TPSA) is 4.93 Å². The predicted molar refractivity (Wildman–Crippen MR) is 58.8 cm³/mol. The van der Waals surface area contributed by atoms with E-state index in [1.165, 1.54) is 10.6 Å². The fourth-order valence-corrected chi connectivity index (χ4v) is 2.19. The minimum absolute atomic E-state index is 1.16. The van der Waals surface area contributed by atoms with Crippen LogP contribution >= 0.6 is 11.3 Å². The Kier molecular flexibility index (Phi) is 2.07. The highest BCUT2D eigenvalue weighted by Gasteiger charge is 2.04. The highest BCUT2D eigenvalue weighted by Crippen LogP contribution is 2.26. The molecule has 0 N–H and O–H groups in total. The third-order valence-electron chi connectivity index (χ3n) is 2.14. The van der Waals surface area contributed by atoms with Gasteiger partial charge in [0.05, 0.1) is 10.6 Å². The molecular weight excluding hydrogens is 178 g/mol. The molecule has 0 saturated heterocycles. The van der Waals surface area contributed by atoms with Gasteiger partial charge in [-0.1, -0.05) is 12.6 Å². The SMILES string of the molecule is C=Cc1ccc(-c2cccs2)n1C. The lowest BCUT2D eigenvalue weighted by atomic mass is 10.3. The summed E-state index contributed by atoms with van der Waals surface area (Å²) in [5.41, 5.74) is 2.41. The van der Waals surface area contributed by atoms with E-state index < -0.39 is 0 Å². The molecule has 2 aromatic rings. The molecule has 0 spiro atoms. The van der Waals surface area contributed by atoms with E-state index >= 15 is 0 Å². The maximum atomic E-state index is 3.77. The van der Waals surface area contributed by atoms with Crippen molar-refractivity contribution in [3.8, 4) is 10.6 Å². The highest BCUT2D eigenvalue weighted by atomic mass is 32.1. The van der Waals surface area contributed by atoms with Crippen molar-refractivity contribution in [3.05, 3.63) is 41.9 Å². The van der Waals surface area contributed by atoms with Crippen LogP contribution in [0.1, 0.15) is 5.69 Å². The molecule has 0 bridgehead atoms. The zero-order chi connectivity index (χ0) is 9.26. The zero-order valence-electron chi connectivity index (χ0n) is 7.53. The molecule has 0 unspecified atom stereocenters. The second-order valence-electron chi connectivity index (χ2n) is 2.88. The molecule has 0 amide bonds. The summed E-state index contributed by atoms with van der Waals surface area (Å²) in [7, 11) is 2.06. The number of rotatable bonds is 2. The largest absolute Gasteiger partial charge is 0.343 e. The molecule has 0 aromatic carbocycles. The first-order chi connectivity index (χ1) is 6.33. The zero-order valence-corrected chi connectivity index (χ0v) is 8.34. The molecule has 1 nitrogen and oxygen atoms in total. The van der Waals surface area contributed by atoms with Gasteiger partial charge in [0.2, 0.25) is 0 Å². The van der Waals surface area contributed by atoms with Crippen molar-refractivity contribution >= 4 is 17.4 Å². The van der Waals surface area contributed by atoms with Gasteiger partial charge in [-0.2, -0.15) is 0 Å². The van der Waals surface area contributed by atoms with Crippen LogP contribution in [0.3, 0.4) is 0 Å². The molecule has 66 valence electrons. The molecule has 2 rings (SSSR count). The summed E-state index contributed by atoms with van der Waals surface area (Å²) in [5.74, 6) is 0. The molecule has 0 aliphatic heterocycles. The second kappa shape index (κ2) is 3.23. The van der Waals surface area contributed by atoms with Gasteiger partial charge in [0.15, 0.2) is 0 Å². The maximum Gasteiger partial charge on any atom is 0.0583 e. The molecule has 2 aromatic heterocycles. The van der Waals surface area contributed by atoms with E-state index in [0.717, 1.165) is 5.69 Å². The molecule has 2 heteroatoms. The Labute approximate surface area is 82.0 Å². The van der Waals surface area contributed by atoms with Crippen molar-refractivity contribution in [3.63, 3.8) is 0 Å². The van der Waals surface area contributed by atoms with Crippen molar-refractivity contribution in [2.75, 3.05) is 0 Å². The minimum atomic E-state index is 1.16. The quantitative estimate of drug-likeness (QED) is 0.682. The van der Waals surface area contributed by atoms with E-state index in [4.69, 9.17) is 0 Å². The van der Waals surface area contributed by atoms with Crippen LogP contribution in [0, 0.1) is 0 Å². The van der Waals surface area contributed by atoms with Crippen LogP contribution in [0.4, 0.5) is 0 Å². The van der Waals surface area contributed by atoms with Crippen molar-refractivity contribution in [1.82, 2.24) is 4.57 Å². The summed E-state index contributed by atoms with van der Waals surface area (Å²) in [6, 6.07) is 8.42. The van der Waals surface area contributed by atoms with Crippen LogP contribution in [-0.2, 0) is 7.05 Å². The van der Waals surface area contributed by atoms with Crippen LogP contribution in [-0.4, -0.2) is 4.57 Å². The Morgan fingerprint density at radius 1 is 1.38 bits per heavy atom. The Morgan fingerprint density at radius 3 is 2.77 bits per heavy atom. The summed E-state index contributed by atoms with van der Waals surface area (Å²) in [6.07, 6.45) is 1.87.